The van der Waals surface area contributed by atoms with Gasteiger partial charge >= 0.3 is 0 Å². The van der Waals surface area contributed by atoms with Gasteiger partial charge in [-0.15, -0.1) is 10.2 Å². The van der Waals surface area contributed by atoms with Crippen molar-refractivity contribution in [3.05, 3.63) is 66.0 Å². The fraction of sp³-hybridized carbons (Fsp3) is 0.300. The normalized spacial score (nSPS) is 10.5. The summed E-state index contributed by atoms with van der Waals surface area (Å²) in [5.41, 5.74) is 1.47. The van der Waals surface area contributed by atoms with Gasteiger partial charge in [0, 0.05) is 37.6 Å². The van der Waals surface area contributed by atoms with Crippen LogP contribution in [0.15, 0.2) is 49.1 Å². The SMILES string of the molecule is CCOc1cc(C(=O)N(C)Cc2nncn2C)ccc1OCc1cccnc1. The maximum absolute atomic E-state index is 12.8. The number of pyridine rings is 1. The Morgan fingerprint density at radius 3 is 2.75 bits per heavy atom. The molecule has 0 atom stereocenters. The van der Waals surface area contributed by atoms with Crippen LogP contribution in [0.5, 0.6) is 11.5 Å². The number of aromatic nitrogens is 4. The molecular weight excluding hydrogens is 358 g/mol. The molecule has 2 heterocycles. The number of benzene rings is 1. The molecular formula is C20H23N5O3. The Bertz CT molecular complexity index is 927. The van der Waals surface area contributed by atoms with Crippen molar-refractivity contribution in [2.75, 3.05) is 13.7 Å². The van der Waals surface area contributed by atoms with E-state index in [0.29, 0.717) is 42.6 Å². The predicted octanol–water partition coefficient (Wildman–Crippen LogP) is 2.46. The van der Waals surface area contributed by atoms with Crippen LogP contribution in [0.3, 0.4) is 0 Å². The molecule has 2 aromatic heterocycles. The van der Waals surface area contributed by atoms with Crippen molar-refractivity contribution in [2.45, 2.75) is 20.1 Å². The van der Waals surface area contributed by atoms with Crippen LogP contribution in [0.25, 0.3) is 0 Å². The second kappa shape index (κ2) is 8.98. The molecule has 0 bridgehead atoms. The van der Waals surface area contributed by atoms with Crippen molar-refractivity contribution in [2.24, 2.45) is 7.05 Å². The highest BCUT2D eigenvalue weighted by molar-refractivity contribution is 5.94. The van der Waals surface area contributed by atoms with Gasteiger partial charge in [0.05, 0.1) is 13.2 Å². The lowest BCUT2D eigenvalue weighted by atomic mass is 10.1. The van der Waals surface area contributed by atoms with E-state index in [1.54, 1.807) is 53.4 Å². The zero-order chi connectivity index (χ0) is 19.9. The van der Waals surface area contributed by atoms with Gasteiger partial charge in [-0.1, -0.05) is 6.07 Å². The van der Waals surface area contributed by atoms with E-state index in [4.69, 9.17) is 9.47 Å². The van der Waals surface area contributed by atoms with Gasteiger partial charge in [-0.3, -0.25) is 9.78 Å². The van der Waals surface area contributed by atoms with Gasteiger partial charge in [0.15, 0.2) is 17.3 Å². The first-order valence-corrected chi connectivity index (χ1v) is 8.95. The van der Waals surface area contributed by atoms with Gasteiger partial charge in [0.25, 0.3) is 5.91 Å². The van der Waals surface area contributed by atoms with Gasteiger partial charge in [-0.05, 0) is 31.2 Å². The molecule has 8 heteroatoms. The minimum absolute atomic E-state index is 0.136. The Balaban J connectivity index is 1.73. The molecule has 0 unspecified atom stereocenters. The standard InChI is InChI=1S/C20H23N5O3/c1-4-27-18-10-16(20(26)24(2)12-19-23-22-14-25(19)3)7-8-17(18)28-13-15-6-5-9-21-11-15/h5-11,14H,4,12-13H2,1-3H3. The summed E-state index contributed by atoms with van der Waals surface area (Å²) in [6, 6.07) is 8.99. The number of hydrogen-bond donors (Lipinski definition) is 0. The second-order valence-corrected chi connectivity index (χ2v) is 6.26. The molecule has 0 aliphatic rings. The fourth-order valence-corrected chi connectivity index (χ4v) is 2.63. The monoisotopic (exact) mass is 381 g/mol. The molecule has 28 heavy (non-hydrogen) atoms. The molecule has 0 radical (unpaired) electrons. The van der Waals surface area contributed by atoms with Gasteiger partial charge in [-0.2, -0.15) is 0 Å². The molecule has 0 saturated heterocycles. The number of carbonyl (C=O) groups is 1. The van der Waals surface area contributed by atoms with E-state index in [-0.39, 0.29) is 5.91 Å². The third kappa shape index (κ3) is 4.64. The van der Waals surface area contributed by atoms with Crippen LogP contribution in [0.4, 0.5) is 0 Å². The molecule has 1 amide bonds. The van der Waals surface area contributed by atoms with Crippen LogP contribution in [-0.4, -0.2) is 44.2 Å². The summed E-state index contributed by atoms with van der Waals surface area (Å²) in [6.07, 6.45) is 5.07. The van der Waals surface area contributed by atoms with E-state index < -0.39 is 0 Å². The average Bonchev–Trinajstić information content (AvgIpc) is 3.12. The molecule has 1 aromatic carbocycles. The van der Waals surface area contributed by atoms with Gasteiger partial charge < -0.3 is 18.9 Å². The number of ether oxygens (including phenoxy) is 2. The molecule has 0 aliphatic carbocycles. The first kappa shape index (κ1) is 19.3. The Labute approximate surface area is 163 Å². The molecule has 146 valence electrons. The van der Waals surface area contributed by atoms with Crippen LogP contribution in [0, 0.1) is 0 Å². The number of nitrogens with zero attached hydrogens (tertiary/aromatic N) is 5. The Kier molecular flexibility index (Phi) is 6.21. The smallest absolute Gasteiger partial charge is 0.254 e. The predicted molar refractivity (Wildman–Crippen MR) is 103 cm³/mol. The summed E-state index contributed by atoms with van der Waals surface area (Å²) < 4.78 is 13.3. The largest absolute Gasteiger partial charge is 0.490 e. The van der Waals surface area contributed by atoms with E-state index in [1.165, 1.54) is 0 Å². The topological polar surface area (TPSA) is 82.4 Å². The molecule has 3 rings (SSSR count). The number of amides is 1. The van der Waals surface area contributed by atoms with Gasteiger partial charge in [-0.25, -0.2) is 0 Å². The van der Waals surface area contributed by atoms with E-state index >= 15 is 0 Å². The molecule has 0 saturated carbocycles. The lowest BCUT2D eigenvalue weighted by molar-refractivity contribution is 0.0780. The van der Waals surface area contributed by atoms with Crippen LogP contribution >= 0.6 is 0 Å². The van der Waals surface area contributed by atoms with Crippen molar-refractivity contribution in [3.8, 4) is 11.5 Å². The highest BCUT2D eigenvalue weighted by atomic mass is 16.5. The number of rotatable bonds is 8. The molecule has 8 nitrogen and oxygen atoms in total. The number of aryl methyl sites for hydroxylation is 1. The van der Waals surface area contributed by atoms with Gasteiger partial charge in [0.2, 0.25) is 0 Å². The number of carbonyl (C=O) groups excluding carboxylic acids is 1. The molecule has 0 spiro atoms. The summed E-state index contributed by atoms with van der Waals surface area (Å²) in [4.78, 5) is 18.5. The van der Waals surface area contributed by atoms with E-state index in [9.17, 15) is 4.79 Å². The highest BCUT2D eigenvalue weighted by Gasteiger charge is 2.17. The lowest BCUT2D eigenvalue weighted by Gasteiger charge is -2.18. The summed E-state index contributed by atoms with van der Waals surface area (Å²) in [5, 5.41) is 7.85. The maximum atomic E-state index is 12.8. The molecule has 0 fully saturated rings. The fourth-order valence-electron chi connectivity index (χ4n) is 2.63. The maximum Gasteiger partial charge on any atom is 0.254 e. The Hall–Kier alpha value is -3.42. The van der Waals surface area contributed by atoms with Crippen LogP contribution in [0.2, 0.25) is 0 Å². The number of hydrogen-bond acceptors (Lipinski definition) is 6. The van der Waals surface area contributed by atoms with Gasteiger partial charge in [0.1, 0.15) is 12.9 Å². The third-order valence-corrected chi connectivity index (χ3v) is 4.14. The first-order chi connectivity index (χ1) is 13.6. The zero-order valence-corrected chi connectivity index (χ0v) is 16.2. The van der Waals surface area contributed by atoms with Crippen molar-refractivity contribution >= 4 is 5.91 Å². The quantitative estimate of drug-likeness (QED) is 0.596. The van der Waals surface area contributed by atoms with E-state index in [2.05, 4.69) is 15.2 Å². The van der Waals surface area contributed by atoms with Crippen LogP contribution in [-0.2, 0) is 20.2 Å². The Morgan fingerprint density at radius 2 is 2.07 bits per heavy atom. The third-order valence-electron chi connectivity index (χ3n) is 4.14. The van der Waals surface area contributed by atoms with Crippen LogP contribution < -0.4 is 9.47 Å². The summed E-state index contributed by atoms with van der Waals surface area (Å²) in [7, 11) is 3.57. The summed E-state index contributed by atoms with van der Waals surface area (Å²) >= 11 is 0. The van der Waals surface area contributed by atoms with Crippen molar-refractivity contribution in [1.82, 2.24) is 24.6 Å². The lowest BCUT2D eigenvalue weighted by Crippen LogP contribution is -2.27. The minimum Gasteiger partial charge on any atom is -0.490 e. The zero-order valence-electron chi connectivity index (χ0n) is 16.2. The second-order valence-electron chi connectivity index (χ2n) is 6.26. The molecule has 0 N–H and O–H groups in total. The van der Waals surface area contributed by atoms with Crippen LogP contribution in [0.1, 0.15) is 28.7 Å². The van der Waals surface area contributed by atoms with Crippen molar-refractivity contribution in [1.29, 1.82) is 0 Å². The minimum atomic E-state index is -0.136. The highest BCUT2D eigenvalue weighted by Crippen LogP contribution is 2.29. The molecule has 0 aliphatic heterocycles. The first-order valence-electron chi connectivity index (χ1n) is 8.95. The summed E-state index contributed by atoms with van der Waals surface area (Å²) in [5.74, 6) is 1.68. The molecule has 3 aromatic rings. The van der Waals surface area contributed by atoms with E-state index in [0.717, 1.165) is 5.56 Å². The van der Waals surface area contributed by atoms with Crippen molar-refractivity contribution < 1.29 is 14.3 Å². The van der Waals surface area contributed by atoms with E-state index in [1.807, 2.05) is 26.1 Å². The summed E-state index contributed by atoms with van der Waals surface area (Å²) in [6.45, 7) is 3.08. The average molecular weight is 381 g/mol. The van der Waals surface area contributed by atoms with Crippen molar-refractivity contribution in [3.63, 3.8) is 0 Å². The Morgan fingerprint density at radius 1 is 1.21 bits per heavy atom.